The number of hydrogen-bond donors (Lipinski definition) is 1. The van der Waals surface area contributed by atoms with Crippen LogP contribution in [-0.2, 0) is 5.33 Å². The molecule has 4 nitrogen and oxygen atoms in total. The summed E-state index contributed by atoms with van der Waals surface area (Å²) in [6.07, 6.45) is -8.01. The van der Waals surface area contributed by atoms with Crippen molar-refractivity contribution in [2.24, 2.45) is 0 Å². The SMILES string of the molecule is O=C(O)c1cnc(C(F)F)c(OC(F)(F)F)c1CBr. The van der Waals surface area contributed by atoms with E-state index in [4.69, 9.17) is 5.11 Å². The van der Waals surface area contributed by atoms with Crippen LogP contribution in [0.4, 0.5) is 22.0 Å². The molecule has 0 amide bonds. The molecule has 0 aromatic carbocycles. The van der Waals surface area contributed by atoms with Crippen LogP contribution in [0.1, 0.15) is 28.0 Å². The van der Waals surface area contributed by atoms with Gasteiger partial charge < -0.3 is 9.84 Å². The zero-order chi connectivity index (χ0) is 14.8. The van der Waals surface area contributed by atoms with Crippen LogP contribution in [0.5, 0.6) is 5.75 Å². The molecular weight excluding hydrogens is 345 g/mol. The van der Waals surface area contributed by atoms with Crippen LogP contribution >= 0.6 is 15.9 Å². The van der Waals surface area contributed by atoms with Crippen molar-refractivity contribution in [1.82, 2.24) is 4.98 Å². The van der Waals surface area contributed by atoms with E-state index in [1.54, 1.807) is 0 Å². The zero-order valence-corrected chi connectivity index (χ0v) is 10.4. The predicted octanol–water partition coefficient (Wildman–Crippen LogP) is 3.51. The Hall–Kier alpha value is -1.45. The molecule has 0 aliphatic rings. The molecule has 0 aliphatic carbocycles. The van der Waals surface area contributed by atoms with Crippen molar-refractivity contribution in [3.63, 3.8) is 0 Å². The van der Waals surface area contributed by atoms with Crippen molar-refractivity contribution >= 4 is 21.9 Å². The molecule has 0 unspecified atom stereocenters. The largest absolute Gasteiger partial charge is 0.573 e. The normalized spacial score (nSPS) is 11.7. The summed E-state index contributed by atoms with van der Waals surface area (Å²) < 4.78 is 65.2. The zero-order valence-electron chi connectivity index (χ0n) is 8.84. The highest BCUT2D eigenvalue weighted by Gasteiger charge is 2.36. The van der Waals surface area contributed by atoms with Gasteiger partial charge in [-0.05, 0) is 0 Å². The number of hydrogen-bond acceptors (Lipinski definition) is 3. The fraction of sp³-hybridized carbons (Fsp3) is 0.333. The number of aromatic nitrogens is 1. The second-order valence-corrected chi connectivity index (χ2v) is 3.71. The summed E-state index contributed by atoms with van der Waals surface area (Å²) in [5.74, 6) is -2.89. The van der Waals surface area contributed by atoms with E-state index in [9.17, 15) is 26.7 Å². The van der Waals surface area contributed by atoms with Gasteiger partial charge in [-0.2, -0.15) is 0 Å². The molecule has 0 aliphatic heterocycles. The van der Waals surface area contributed by atoms with Crippen LogP contribution in [0.2, 0.25) is 0 Å². The fourth-order valence-corrected chi connectivity index (χ4v) is 1.81. The van der Waals surface area contributed by atoms with E-state index < -0.39 is 46.7 Å². The molecule has 0 fully saturated rings. The minimum Gasteiger partial charge on any atom is -0.478 e. The first-order chi connectivity index (χ1) is 8.67. The smallest absolute Gasteiger partial charge is 0.478 e. The molecule has 1 rings (SSSR count). The quantitative estimate of drug-likeness (QED) is 0.667. The third-order valence-electron chi connectivity index (χ3n) is 1.95. The molecule has 1 N–H and O–H groups in total. The van der Waals surface area contributed by atoms with Gasteiger partial charge in [0, 0.05) is 17.1 Å². The van der Waals surface area contributed by atoms with Gasteiger partial charge in [-0.25, -0.2) is 13.6 Å². The average Bonchev–Trinajstić information content (AvgIpc) is 2.25. The second-order valence-electron chi connectivity index (χ2n) is 3.15. The van der Waals surface area contributed by atoms with Crippen LogP contribution in [0.15, 0.2) is 6.20 Å². The molecule has 106 valence electrons. The molecule has 19 heavy (non-hydrogen) atoms. The maximum absolute atomic E-state index is 12.6. The van der Waals surface area contributed by atoms with Crippen molar-refractivity contribution in [1.29, 1.82) is 0 Å². The van der Waals surface area contributed by atoms with Crippen molar-refractivity contribution in [3.8, 4) is 5.75 Å². The molecule has 0 radical (unpaired) electrons. The molecular formula is C9H5BrF5NO3. The summed E-state index contributed by atoms with van der Waals surface area (Å²) in [6, 6.07) is 0. The number of ether oxygens (including phenoxy) is 1. The lowest BCUT2D eigenvalue weighted by Crippen LogP contribution is -2.21. The van der Waals surface area contributed by atoms with Crippen LogP contribution in [0.25, 0.3) is 0 Å². The number of carboxylic acid groups (broad SMARTS) is 1. The molecule has 1 aromatic rings. The van der Waals surface area contributed by atoms with E-state index in [2.05, 4.69) is 25.7 Å². The summed E-state index contributed by atoms with van der Waals surface area (Å²) in [5, 5.41) is 8.35. The van der Waals surface area contributed by atoms with E-state index in [1.165, 1.54) is 0 Å². The lowest BCUT2D eigenvalue weighted by molar-refractivity contribution is -0.275. The number of pyridine rings is 1. The minimum atomic E-state index is -5.24. The van der Waals surface area contributed by atoms with Gasteiger partial charge in [0.05, 0.1) is 5.56 Å². The monoisotopic (exact) mass is 349 g/mol. The predicted molar refractivity (Wildman–Crippen MR) is 55.5 cm³/mol. The first-order valence-electron chi connectivity index (χ1n) is 4.52. The number of carbonyl (C=O) groups is 1. The summed E-state index contributed by atoms with van der Waals surface area (Å²) in [7, 11) is 0. The summed E-state index contributed by atoms with van der Waals surface area (Å²) in [6.45, 7) is 0. The van der Waals surface area contributed by atoms with Gasteiger partial charge in [-0.3, -0.25) is 4.98 Å². The lowest BCUT2D eigenvalue weighted by Gasteiger charge is -2.16. The number of carboxylic acids is 1. The Labute approximate surface area is 111 Å². The summed E-state index contributed by atoms with van der Waals surface area (Å²) in [4.78, 5) is 13.8. The minimum absolute atomic E-state index is 0.414. The van der Waals surface area contributed by atoms with E-state index >= 15 is 0 Å². The third-order valence-corrected chi connectivity index (χ3v) is 2.51. The molecule has 0 bridgehead atoms. The summed E-state index contributed by atoms with van der Waals surface area (Å²) in [5.41, 5.74) is -2.48. The van der Waals surface area contributed by atoms with Gasteiger partial charge >= 0.3 is 12.3 Å². The van der Waals surface area contributed by atoms with Crippen LogP contribution in [0.3, 0.4) is 0 Å². The fourth-order valence-electron chi connectivity index (χ4n) is 1.25. The number of nitrogens with zero attached hydrogens (tertiary/aromatic N) is 1. The average molecular weight is 350 g/mol. The van der Waals surface area contributed by atoms with Gasteiger partial charge in [0.25, 0.3) is 6.43 Å². The first-order valence-corrected chi connectivity index (χ1v) is 5.64. The Kier molecular flexibility index (Phi) is 4.66. The molecule has 10 heteroatoms. The van der Waals surface area contributed by atoms with Gasteiger partial charge in [0.1, 0.15) is 5.69 Å². The highest BCUT2D eigenvalue weighted by atomic mass is 79.9. The lowest BCUT2D eigenvalue weighted by atomic mass is 10.1. The van der Waals surface area contributed by atoms with E-state index in [1.807, 2.05) is 0 Å². The van der Waals surface area contributed by atoms with Gasteiger partial charge in [0.2, 0.25) is 0 Å². The topological polar surface area (TPSA) is 59.4 Å². The van der Waals surface area contributed by atoms with E-state index in [0.29, 0.717) is 6.20 Å². The van der Waals surface area contributed by atoms with Gasteiger partial charge in [-0.1, -0.05) is 15.9 Å². The van der Waals surface area contributed by atoms with Crippen LogP contribution in [0, 0.1) is 0 Å². The van der Waals surface area contributed by atoms with Gasteiger partial charge in [-0.15, -0.1) is 13.2 Å². The summed E-state index contributed by atoms with van der Waals surface area (Å²) >= 11 is 2.73. The second kappa shape index (κ2) is 5.68. The number of rotatable bonds is 4. The van der Waals surface area contributed by atoms with Crippen molar-refractivity contribution in [3.05, 3.63) is 23.0 Å². The Morgan fingerprint density at radius 3 is 2.42 bits per heavy atom. The number of alkyl halides is 6. The molecule has 0 atom stereocenters. The Bertz CT molecular complexity index is 491. The third kappa shape index (κ3) is 3.75. The maximum atomic E-state index is 12.6. The van der Waals surface area contributed by atoms with Crippen LogP contribution in [-0.4, -0.2) is 22.4 Å². The maximum Gasteiger partial charge on any atom is 0.573 e. The van der Waals surface area contributed by atoms with Crippen molar-refractivity contribution in [2.75, 3.05) is 0 Å². The van der Waals surface area contributed by atoms with Crippen molar-refractivity contribution < 1.29 is 36.6 Å². The van der Waals surface area contributed by atoms with Gasteiger partial charge in [0.15, 0.2) is 5.75 Å². The molecule has 1 heterocycles. The number of halogens is 6. The van der Waals surface area contributed by atoms with Crippen LogP contribution < -0.4 is 4.74 Å². The molecule has 0 saturated heterocycles. The van der Waals surface area contributed by atoms with E-state index in [-0.39, 0.29) is 0 Å². The Balaban J connectivity index is 3.50. The molecule has 0 spiro atoms. The molecule has 1 aromatic heterocycles. The highest BCUT2D eigenvalue weighted by Crippen LogP contribution is 2.37. The number of aromatic carboxylic acids is 1. The highest BCUT2D eigenvalue weighted by molar-refractivity contribution is 9.08. The first kappa shape index (κ1) is 15.6. The van der Waals surface area contributed by atoms with E-state index in [0.717, 1.165) is 0 Å². The van der Waals surface area contributed by atoms with Crippen molar-refractivity contribution in [2.45, 2.75) is 18.1 Å². The Morgan fingerprint density at radius 1 is 1.47 bits per heavy atom. The molecule has 0 saturated carbocycles. The standard InChI is InChI=1S/C9H5BrF5NO3/c10-1-3-4(8(17)18)2-16-5(7(11)12)6(3)19-9(13,14)15/h2,7H,1H2,(H,17,18). The Morgan fingerprint density at radius 2 is 2.05 bits per heavy atom.